The highest BCUT2D eigenvalue weighted by molar-refractivity contribution is 14.0. The molecular formula is C14H33IN4. The molecule has 116 valence electrons. The molecule has 1 atom stereocenters. The van der Waals surface area contributed by atoms with Crippen LogP contribution in [0, 0.1) is 0 Å². The number of nitrogens with one attached hydrogen (secondary N) is 1. The summed E-state index contributed by atoms with van der Waals surface area (Å²) in [5.41, 5.74) is 5.80. The van der Waals surface area contributed by atoms with Gasteiger partial charge in [-0.1, -0.05) is 33.1 Å². The van der Waals surface area contributed by atoms with E-state index in [1.165, 1.54) is 25.7 Å². The second kappa shape index (κ2) is 14.4. The van der Waals surface area contributed by atoms with E-state index in [2.05, 4.69) is 43.0 Å². The third kappa shape index (κ3) is 12.7. The van der Waals surface area contributed by atoms with Gasteiger partial charge in [0.25, 0.3) is 0 Å². The summed E-state index contributed by atoms with van der Waals surface area (Å²) in [6.07, 6.45) is 6.13. The molecule has 19 heavy (non-hydrogen) atoms. The monoisotopic (exact) mass is 384 g/mol. The topological polar surface area (TPSA) is 53.6 Å². The first kappa shape index (κ1) is 21.3. The molecule has 0 aromatic rings. The molecule has 0 heterocycles. The van der Waals surface area contributed by atoms with Crippen LogP contribution < -0.4 is 11.1 Å². The van der Waals surface area contributed by atoms with Crippen LogP contribution in [-0.2, 0) is 0 Å². The van der Waals surface area contributed by atoms with Crippen LogP contribution in [0.25, 0.3) is 0 Å². The minimum absolute atomic E-state index is 0. The van der Waals surface area contributed by atoms with Gasteiger partial charge in [0.05, 0.1) is 0 Å². The van der Waals surface area contributed by atoms with Gasteiger partial charge in [0.15, 0.2) is 5.96 Å². The lowest BCUT2D eigenvalue weighted by Crippen LogP contribution is -2.40. The fourth-order valence-corrected chi connectivity index (χ4v) is 1.69. The number of likely N-dealkylation sites (N-methyl/N-ethyl adjacent to an activating group) is 1. The van der Waals surface area contributed by atoms with Crippen molar-refractivity contribution in [1.29, 1.82) is 0 Å². The van der Waals surface area contributed by atoms with Crippen LogP contribution in [0.3, 0.4) is 0 Å². The number of unbranched alkanes of at least 4 members (excludes halogenated alkanes) is 3. The maximum absolute atomic E-state index is 5.80. The van der Waals surface area contributed by atoms with E-state index in [1.807, 2.05) is 0 Å². The lowest BCUT2D eigenvalue weighted by molar-refractivity contribution is 0.256. The lowest BCUT2D eigenvalue weighted by atomic mass is 10.2. The van der Waals surface area contributed by atoms with Crippen LogP contribution in [0.15, 0.2) is 4.99 Å². The fraction of sp³-hybridized carbons (Fsp3) is 0.929. The molecule has 0 saturated carbocycles. The van der Waals surface area contributed by atoms with Crippen LogP contribution >= 0.6 is 24.0 Å². The molecule has 4 nitrogen and oxygen atoms in total. The Balaban J connectivity index is 0. The zero-order valence-corrected chi connectivity index (χ0v) is 15.4. The van der Waals surface area contributed by atoms with Crippen molar-refractivity contribution in [2.45, 2.75) is 58.9 Å². The van der Waals surface area contributed by atoms with Crippen molar-refractivity contribution in [1.82, 2.24) is 10.2 Å². The number of aliphatic imine (C=N–C) groups is 1. The summed E-state index contributed by atoms with van der Waals surface area (Å²) in [6, 6.07) is 0.624. The number of hydrogen-bond acceptors (Lipinski definition) is 2. The molecular weight excluding hydrogens is 351 g/mol. The smallest absolute Gasteiger partial charge is 0.188 e. The average molecular weight is 384 g/mol. The highest BCUT2D eigenvalue weighted by Crippen LogP contribution is 1.99. The molecule has 0 spiro atoms. The summed E-state index contributed by atoms with van der Waals surface area (Å²) in [5.74, 6) is 0.587. The normalized spacial score (nSPS) is 13.2. The minimum Gasteiger partial charge on any atom is -0.370 e. The van der Waals surface area contributed by atoms with Gasteiger partial charge in [-0.2, -0.15) is 0 Å². The molecule has 0 bridgehead atoms. The summed E-state index contributed by atoms with van der Waals surface area (Å²) in [7, 11) is 2.15. The van der Waals surface area contributed by atoms with Gasteiger partial charge < -0.3 is 16.0 Å². The van der Waals surface area contributed by atoms with Gasteiger partial charge in [0.2, 0.25) is 0 Å². The molecule has 1 unspecified atom stereocenters. The lowest BCUT2D eigenvalue weighted by Gasteiger charge is -2.23. The van der Waals surface area contributed by atoms with Crippen molar-refractivity contribution in [3.05, 3.63) is 0 Å². The van der Waals surface area contributed by atoms with Crippen molar-refractivity contribution in [2.75, 3.05) is 26.7 Å². The number of hydrogen-bond donors (Lipinski definition) is 2. The second-order valence-electron chi connectivity index (χ2n) is 4.99. The summed E-state index contributed by atoms with van der Waals surface area (Å²) >= 11 is 0. The predicted octanol–water partition coefficient (Wildman–Crippen LogP) is 2.82. The van der Waals surface area contributed by atoms with Crippen LogP contribution in [-0.4, -0.2) is 43.6 Å². The highest BCUT2D eigenvalue weighted by Gasteiger charge is 2.05. The maximum Gasteiger partial charge on any atom is 0.188 e. The van der Waals surface area contributed by atoms with E-state index < -0.39 is 0 Å². The Hall–Kier alpha value is -0.0400. The van der Waals surface area contributed by atoms with E-state index in [4.69, 9.17) is 5.73 Å². The molecule has 0 rings (SSSR count). The van der Waals surface area contributed by atoms with Gasteiger partial charge in [-0.05, 0) is 26.8 Å². The number of halogens is 1. The van der Waals surface area contributed by atoms with Gasteiger partial charge in [-0.25, -0.2) is 0 Å². The SMILES string of the molecule is CCCCCCN=C(N)NCCN(C)C(C)CC.I. The molecule has 0 aliphatic rings. The van der Waals surface area contributed by atoms with Gasteiger partial charge in [-0.3, -0.25) is 4.99 Å². The van der Waals surface area contributed by atoms with E-state index in [0.717, 1.165) is 26.1 Å². The van der Waals surface area contributed by atoms with Crippen molar-refractivity contribution in [3.63, 3.8) is 0 Å². The molecule has 0 radical (unpaired) electrons. The number of nitrogens with two attached hydrogens (primary N) is 1. The summed E-state index contributed by atoms with van der Waals surface area (Å²) in [4.78, 5) is 6.66. The first-order valence-electron chi connectivity index (χ1n) is 7.35. The Kier molecular flexibility index (Phi) is 16.1. The first-order chi connectivity index (χ1) is 8.61. The molecule has 0 aliphatic heterocycles. The van der Waals surface area contributed by atoms with Crippen molar-refractivity contribution >= 4 is 29.9 Å². The quantitative estimate of drug-likeness (QED) is 0.264. The summed E-state index contributed by atoms with van der Waals surface area (Å²) in [5, 5.41) is 3.17. The molecule has 5 heteroatoms. The largest absolute Gasteiger partial charge is 0.370 e. The van der Waals surface area contributed by atoms with E-state index in [1.54, 1.807) is 0 Å². The van der Waals surface area contributed by atoms with Gasteiger partial charge in [0.1, 0.15) is 0 Å². The molecule has 0 fully saturated rings. The van der Waals surface area contributed by atoms with Crippen molar-refractivity contribution in [3.8, 4) is 0 Å². The Labute approximate surface area is 136 Å². The highest BCUT2D eigenvalue weighted by atomic mass is 127. The second-order valence-corrected chi connectivity index (χ2v) is 4.99. The van der Waals surface area contributed by atoms with Crippen LogP contribution in [0.2, 0.25) is 0 Å². The summed E-state index contributed by atoms with van der Waals surface area (Å²) in [6.45, 7) is 9.38. The standard InChI is InChI=1S/C14H32N4.HI/c1-5-7-8-9-10-16-14(15)17-11-12-18(4)13(3)6-2;/h13H,5-12H2,1-4H3,(H3,15,16,17);1H. The van der Waals surface area contributed by atoms with Crippen molar-refractivity contribution < 1.29 is 0 Å². The van der Waals surface area contributed by atoms with Gasteiger partial charge in [0, 0.05) is 25.7 Å². The molecule has 0 saturated heterocycles. The Bertz CT molecular complexity index is 221. The van der Waals surface area contributed by atoms with Crippen molar-refractivity contribution in [2.24, 2.45) is 10.7 Å². The van der Waals surface area contributed by atoms with E-state index >= 15 is 0 Å². The maximum atomic E-state index is 5.80. The van der Waals surface area contributed by atoms with Gasteiger partial charge >= 0.3 is 0 Å². The number of nitrogens with zero attached hydrogens (tertiary/aromatic N) is 2. The molecule has 0 aromatic carbocycles. The molecule has 0 amide bonds. The zero-order chi connectivity index (χ0) is 13.8. The van der Waals surface area contributed by atoms with Crippen LogP contribution in [0.1, 0.15) is 52.9 Å². The Morgan fingerprint density at radius 1 is 1.26 bits per heavy atom. The zero-order valence-electron chi connectivity index (χ0n) is 13.1. The third-order valence-corrected chi connectivity index (χ3v) is 3.41. The Morgan fingerprint density at radius 2 is 1.95 bits per heavy atom. The number of guanidine groups is 1. The first-order valence-corrected chi connectivity index (χ1v) is 7.35. The van der Waals surface area contributed by atoms with Gasteiger partial charge in [-0.15, -0.1) is 24.0 Å². The van der Waals surface area contributed by atoms with Crippen LogP contribution in [0.5, 0.6) is 0 Å². The molecule has 0 aromatic heterocycles. The minimum atomic E-state index is 0. The third-order valence-electron chi connectivity index (χ3n) is 3.41. The van der Waals surface area contributed by atoms with E-state index in [9.17, 15) is 0 Å². The molecule has 0 aliphatic carbocycles. The predicted molar refractivity (Wildman–Crippen MR) is 96.4 cm³/mol. The molecule has 3 N–H and O–H groups in total. The average Bonchev–Trinajstić information content (AvgIpc) is 2.37. The van der Waals surface area contributed by atoms with E-state index in [-0.39, 0.29) is 24.0 Å². The fourth-order valence-electron chi connectivity index (χ4n) is 1.69. The van der Waals surface area contributed by atoms with Crippen LogP contribution in [0.4, 0.5) is 0 Å². The Morgan fingerprint density at radius 3 is 2.53 bits per heavy atom. The van der Waals surface area contributed by atoms with E-state index in [0.29, 0.717) is 12.0 Å². The summed E-state index contributed by atoms with van der Waals surface area (Å²) < 4.78 is 0. The number of rotatable bonds is 10.